The Balaban J connectivity index is 1.77. The minimum Gasteiger partial charge on any atom is -0.340 e. The van der Waals surface area contributed by atoms with Crippen molar-refractivity contribution >= 4 is 34.2 Å². The highest BCUT2D eigenvalue weighted by molar-refractivity contribution is 7.08. The molecule has 0 spiro atoms. The minimum absolute atomic E-state index is 0.220. The van der Waals surface area contributed by atoms with Crippen LogP contribution < -0.4 is 10.9 Å². The van der Waals surface area contributed by atoms with E-state index in [1.165, 1.54) is 24.0 Å². The topological polar surface area (TPSA) is 95.6 Å². The average Bonchev–Trinajstić information content (AvgIpc) is 3.05. The molecule has 3 heterocycles. The highest BCUT2D eigenvalue weighted by Crippen LogP contribution is 2.13. The fourth-order valence-electron chi connectivity index (χ4n) is 1.44. The van der Waals surface area contributed by atoms with E-state index in [1.807, 2.05) is 5.38 Å². The molecule has 0 aliphatic heterocycles. The van der Waals surface area contributed by atoms with Crippen molar-refractivity contribution in [1.29, 1.82) is 0 Å². The molecule has 0 aromatic carbocycles. The number of hydrazine groups is 1. The quantitative estimate of drug-likeness (QED) is 0.614. The van der Waals surface area contributed by atoms with Gasteiger partial charge in [0.1, 0.15) is 11.8 Å². The number of carbonyl (C=O) groups is 1. The Morgan fingerprint density at radius 1 is 1.33 bits per heavy atom. The van der Waals surface area contributed by atoms with Gasteiger partial charge in [-0.25, -0.2) is 15.0 Å². The van der Waals surface area contributed by atoms with E-state index in [1.54, 1.807) is 11.4 Å². The molecule has 0 fully saturated rings. The SMILES string of the molecule is O=C(NNc1ncnc2nc[nH]c12)c1ccsc1. The second kappa shape index (κ2) is 4.41. The summed E-state index contributed by atoms with van der Waals surface area (Å²) in [4.78, 5) is 26.6. The fraction of sp³-hybridized carbons (Fsp3) is 0. The minimum atomic E-state index is -0.220. The Kier molecular flexibility index (Phi) is 2.61. The second-order valence-electron chi connectivity index (χ2n) is 3.41. The Bertz CT molecular complexity index is 677. The van der Waals surface area contributed by atoms with Crippen molar-refractivity contribution in [2.75, 3.05) is 5.43 Å². The van der Waals surface area contributed by atoms with Crippen LogP contribution >= 0.6 is 11.3 Å². The Morgan fingerprint density at radius 2 is 2.28 bits per heavy atom. The maximum Gasteiger partial charge on any atom is 0.270 e. The summed E-state index contributed by atoms with van der Waals surface area (Å²) in [6.45, 7) is 0. The maximum atomic E-state index is 11.7. The Morgan fingerprint density at radius 3 is 3.11 bits per heavy atom. The number of amides is 1. The van der Waals surface area contributed by atoms with E-state index >= 15 is 0 Å². The van der Waals surface area contributed by atoms with Crippen LogP contribution in [0.5, 0.6) is 0 Å². The molecule has 3 aromatic rings. The van der Waals surface area contributed by atoms with Crippen molar-refractivity contribution in [1.82, 2.24) is 25.4 Å². The smallest absolute Gasteiger partial charge is 0.270 e. The van der Waals surface area contributed by atoms with Gasteiger partial charge in [-0.2, -0.15) is 11.3 Å². The molecular formula is C10H8N6OS. The van der Waals surface area contributed by atoms with Crippen molar-refractivity contribution in [2.24, 2.45) is 0 Å². The lowest BCUT2D eigenvalue weighted by Crippen LogP contribution is -2.29. The summed E-state index contributed by atoms with van der Waals surface area (Å²) in [6.07, 6.45) is 2.90. The van der Waals surface area contributed by atoms with E-state index < -0.39 is 0 Å². The second-order valence-corrected chi connectivity index (χ2v) is 4.19. The van der Waals surface area contributed by atoms with E-state index in [9.17, 15) is 4.79 Å². The molecule has 0 aliphatic carbocycles. The summed E-state index contributed by atoms with van der Waals surface area (Å²) in [6, 6.07) is 1.74. The summed E-state index contributed by atoms with van der Waals surface area (Å²) in [7, 11) is 0. The van der Waals surface area contributed by atoms with E-state index in [2.05, 4.69) is 30.8 Å². The molecule has 3 aromatic heterocycles. The number of H-pyrrole nitrogens is 1. The van der Waals surface area contributed by atoms with Gasteiger partial charge in [-0.3, -0.25) is 15.6 Å². The first kappa shape index (κ1) is 10.7. The number of carbonyl (C=O) groups excluding carboxylic acids is 1. The normalized spacial score (nSPS) is 10.4. The van der Waals surface area contributed by atoms with Gasteiger partial charge in [0.05, 0.1) is 11.9 Å². The highest BCUT2D eigenvalue weighted by Gasteiger charge is 2.08. The molecule has 0 unspecified atom stereocenters. The summed E-state index contributed by atoms with van der Waals surface area (Å²) in [5.41, 5.74) is 7.09. The fourth-order valence-corrected chi connectivity index (χ4v) is 2.08. The average molecular weight is 260 g/mol. The molecule has 0 bridgehead atoms. The number of hydrogen-bond acceptors (Lipinski definition) is 6. The number of aromatic amines is 1. The number of fused-ring (bicyclic) bond motifs is 1. The zero-order valence-corrected chi connectivity index (χ0v) is 9.86. The van der Waals surface area contributed by atoms with Crippen LogP contribution in [0.1, 0.15) is 10.4 Å². The molecule has 7 nitrogen and oxygen atoms in total. The molecule has 1 amide bonds. The molecule has 0 saturated heterocycles. The highest BCUT2D eigenvalue weighted by atomic mass is 32.1. The zero-order chi connectivity index (χ0) is 12.4. The molecule has 3 rings (SSSR count). The van der Waals surface area contributed by atoms with Crippen molar-refractivity contribution in [3.63, 3.8) is 0 Å². The summed E-state index contributed by atoms with van der Waals surface area (Å²) in [5.74, 6) is 0.253. The first-order valence-corrected chi connectivity index (χ1v) is 6.01. The third-order valence-corrected chi connectivity index (χ3v) is 2.98. The lowest BCUT2D eigenvalue weighted by Gasteiger charge is -2.06. The lowest BCUT2D eigenvalue weighted by atomic mass is 10.3. The Hall–Kier alpha value is -2.48. The largest absolute Gasteiger partial charge is 0.340 e. The van der Waals surface area contributed by atoms with Gasteiger partial charge in [0.25, 0.3) is 5.91 Å². The van der Waals surface area contributed by atoms with Gasteiger partial charge < -0.3 is 4.98 Å². The van der Waals surface area contributed by atoms with Gasteiger partial charge in [0, 0.05) is 5.38 Å². The molecule has 0 aliphatic rings. The molecule has 18 heavy (non-hydrogen) atoms. The molecule has 0 saturated carbocycles. The van der Waals surface area contributed by atoms with Gasteiger partial charge in [-0.05, 0) is 11.4 Å². The van der Waals surface area contributed by atoms with Crippen LogP contribution in [-0.2, 0) is 0 Å². The number of hydrogen-bond donors (Lipinski definition) is 3. The lowest BCUT2D eigenvalue weighted by molar-refractivity contribution is 0.0963. The van der Waals surface area contributed by atoms with Crippen LogP contribution in [0.25, 0.3) is 11.2 Å². The first-order valence-electron chi connectivity index (χ1n) is 5.07. The van der Waals surface area contributed by atoms with E-state index in [-0.39, 0.29) is 5.91 Å². The van der Waals surface area contributed by atoms with Crippen LogP contribution in [-0.4, -0.2) is 25.8 Å². The van der Waals surface area contributed by atoms with E-state index in [4.69, 9.17) is 0 Å². The van der Waals surface area contributed by atoms with E-state index in [0.29, 0.717) is 22.5 Å². The summed E-state index contributed by atoms with van der Waals surface area (Å²) in [5, 5.41) is 3.61. The summed E-state index contributed by atoms with van der Waals surface area (Å²) < 4.78 is 0. The van der Waals surface area contributed by atoms with E-state index in [0.717, 1.165) is 0 Å². The Labute approximate surface area is 105 Å². The third-order valence-electron chi connectivity index (χ3n) is 2.30. The van der Waals surface area contributed by atoms with Gasteiger partial charge >= 0.3 is 0 Å². The van der Waals surface area contributed by atoms with Crippen LogP contribution in [0.15, 0.2) is 29.5 Å². The molecule has 0 atom stereocenters. The van der Waals surface area contributed by atoms with Crippen molar-refractivity contribution < 1.29 is 4.79 Å². The number of imidazole rings is 1. The maximum absolute atomic E-state index is 11.7. The number of anilines is 1. The molecular weight excluding hydrogens is 252 g/mol. The monoisotopic (exact) mass is 260 g/mol. The predicted molar refractivity (Wildman–Crippen MR) is 67.1 cm³/mol. The zero-order valence-electron chi connectivity index (χ0n) is 9.04. The number of thiophene rings is 1. The van der Waals surface area contributed by atoms with Gasteiger partial charge in [0.15, 0.2) is 11.5 Å². The number of aromatic nitrogens is 4. The number of nitrogens with one attached hydrogen (secondary N) is 3. The van der Waals surface area contributed by atoms with Crippen LogP contribution in [0, 0.1) is 0 Å². The number of nitrogens with zero attached hydrogens (tertiary/aromatic N) is 3. The molecule has 90 valence electrons. The van der Waals surface area contributed by atoms with Crippen LogP contribution in [0.3, 0.4) is 0 Å². The van der Waals surface area contributed by atoms with Crippen molar-refractivity contribution in [2.45, 2.75) is 0 Å². The third kappa shape index (κ3) is 1.89. The van der Waals surface area contributed by atoms with Gasteiger partial charge in [-0.1, -0.05) is 0 Å². The summed E-state index contributed by atoms with van der Waals surface area (Å²) >= 11 is 1.46. The number of rotatable bonds is 3. The van der Waals surface area contributed by atoms with Crippen molar-refractivity contribution in [3.8, 4) is 0 Å². The molecule has 0 radical (unpaired) electrons. The van der Waals surface area contributed by atoms with Crippen LogP contribution in [0.4, 0.5) is 5.82 Å². The van der Waals surface area contributed by atoms with Crippen LogP contribution in [0.2, 0.25) is 0 Å². The van der Waals surface area contributed by atoms with Gasteiger partial charge in [-0.15, -0.1) is 0 Å². The molecule has 8 heteroatoms. The molecule has 3 N–H and O–H groups in total. The van der Waals surface area contributed by atoms with Crippen molar-refractivity contribution in [3.05, 3.63) is 35.0 Å². The predicted octanol–water partition coefficient (Wildman–Crippen LogP) is 1.17. The standard InChI is InChI=1S/C10H8N6OS/c17-10(6-1-2-18-3-6)16-15-9-7-8(12-4-11-7)13-5-14-9/h1-5H,(H,16,17)(H2,11,12,13,14,15). The van der Waals surface area contributed by atoms with Gasteiger partial charge in [0.2, 0.25) is 0 Å². The first-order chi connectivity index (χ1) is 8.84.